The van der Waals surface area contributed by atoms with Gasteiger partial charge in [0, 0.05) is 24.5 Å². The number of nitrogens with one attached hydrogen (secondary N) is 1. The molecule has 0 saturated carbocycles. The third kappa shape index (κ3) is 3.70. The number of likely N-dealkylation sites (tertiary alicyclic amines) is 1. The van der Waals surface area contributed by atoms with E-state index in [9.17, 15) is 5.26 Å². The lowest BCUT2D eigenvalue weighted by Gasteiger charge is -2.26. The first-order chi connectivity index (χ1) is 7.72. The van der Waals surface area contributed by atoms with Crippen molar-refractivity contribution >= 4 is 0 Å². The molecule has 1 fully saturated rings. The zero-order valence-corrected chi connectivity index (χ0v) is 9.69. The monoisotopic (exact) mass is 222 g/mol. The predicted molar refractivity (Wildman–Crippen MR) is 61.7 cm³/mol. The molecule has 1 rings (SSSR count). The van der Waals surface area contributed by atoms with Crippen molar-refractivity contribution in [3.8, 4) is 6.07 Å². The highest BCUT2D eigenvalue weighted by atomic mass is 15.1. The fourth-order valence-corrected chi connectivity index (χ4v) is 1.99. The highest BCUT2D eigenvalue weighted by Gasteiger charge is 2.30. The van der Waals surface area contributed by atoms with Crippen LogP contribution >= 0.6 is 0 Å². The van der Waals surface area contributed by atoms with E-state index < -0.39 is 5.54 Å². The Morgan fingerprint density at radius 2 is 2.38 bits per heavy atom. The molecule has 6 nitrogen and oxygen atoms in total. The maximum atomic E-state index is 9.27. The van der Waals surface area contributed by atoms with Crippen molar-refractivity contribution in [2.75, 3.05) is 33.2 Å². The van der Waals surface area contributed by atoms with Crippen LogP contribution in [0.4, 0.5) is 0 Å². The van der Waals surface area contributed by atoms with Crippen molar-refractivity contribution in [2.24, 2.45) is 5.11 Å². The number of nitriles is 1. The Balaban J connectivity index is 2.49. The van der Waals surface area contributed by atoms with Gasteiger partial charge in [0.2, 0.25) is 0 Å². The molecule has 0 aromatic heterocycles. The van der Waals surface area contributed by atoms with Crippen molar-refractivity contribution in [1.29, 1.82) is 5.26 Å². The standard InChI is InChI=1S/C10H18N6/c1-16-7-2-3-10(9-11,4-8-16)13-5-6-14-15-12/h13H,2-8H2,1H3. The molecule has 1 aliphatic rings. The molecule has 88 valence electrons. The van der Waals surface area contributed by atoms with Crippen molar-refractivity contribution in [2.45, 2.75) is 24.8 Å². The molecule has 1 aliphatic heterocycles. The topological polar surface area (TPSA) is 87.8 Å². The Morgan fingerprint density at radius 1 is 1.56 bits per heavy atom. The maximum absolute atomic E-state index is 9.27. The van der Waals surface area contributed by atoms with E-state index in [1.807, 2.05) is 0 Å². The first-order valence-corrected chi connectivity index (χ1v) is 5.58. The largest absolute Gasteiger partial charge is 0.306 e. The zero-order chi connectivity index (χ0) is 11.9. The van der Waals surface area contributed by atoms with Gasteiger partial charge in [-0.1, -0.05) is 5.11 Å². The Kier molecular flexibility index (Phi) is 5.06. The molecular weight excluding hydrogens is 204 g/mol. The van der Waals surface area contributed by atoms with Crippen LogP contribution < -0.4 is 5.32 Å². The molecule has 1 heterocycles. The van der Waals surface area contributed by atoms with Gasteiger partial charge in [0.1, 0.15) is 5.54 Å². The summed E-state index contributed by atoms with van der Waals surface area (Å²) in [4.78, 5) is 4.94. The molecule has 16 heavy (non-hydrogen) atoms. The number of nitrogens with zero attached hydrogens (tertiary/aromatic N) is 5. The minimum atomic E-state index is -0.435. The second-order valence-corrected chi connectivity index (χ2v) is 4.23. The predicted octanol–water partition coefficient (Wildman–Crippen LogP) is 1.26. The smallest absolute Gasteiger partial charge is 0.108 e. The van der Waals surface area contributed by atoms with Gasteiger partial charge in [0.25, 0.3) is 0 Å². The van der Waals surface area contributed by atoms with Crippen molar-refractivity contribution < 1.29 is 0 Å². The van der Waals surface area contributed by atoms with Gasteiger partial charge in [-0.05, 0) is 38.4 Å². The van der Waals surface area contributed by atoms with E-state index in [1.165, 1.54) is 0 Å². The fraction of sp³-hybridized carbons (Fsp3) is 0.900. The molecule has 1 atom stereocenters. The number of rotatable bonds is 4. The number of hydrogen-bond acceptors (Lipinski definition) is 4. The molecule has 0 bridgehead atoms. The van der Waals surface area contributed by atoms with Gasteiger partial charge in [0.15, 0.2) is 0 Å². The lowest BCUT2D eigenvalue weighted by Crippen LogP contribution is -2.45. The first kappa shape index (κ1) is 12.8. The fourth-order valence-electron chi connectivity index (χ4n) is 1.99. The van der Waals surface area contributed by atoms with Crippen LogP contribution in [-0.2, 0) is 0 Å². The van der Waals surface area contributed by atoms with Crippen LogP contribution in [0, 0.1) is 11.3 Å². The Morgan fingerprint density at radius 3 is 3.06 bits per heavy atom. The summed E-state index contributed by atoms with van der Waals surface area (Å²) in [6.07, 6.45) is 2.72. The molecule has 6 heteroatoms. The van der Waals surface area contributed by atoms with E-state index in [1.54, 1.807) is 0 Å². The van der Waals surface area contributed by atoms with Crippen LogP contribution in [0.3, 0.4) is 0 Å². The van der Waals surface area contributed by atoms with Gasteiger partial charge in [-0.2, -0.15) is 5.26 Å². The molecule has 0 radical (unpaired) electrons. The van der Waals surface area contributed by atoms with Crippen molar-refractivity contribution in [1.82, 2.24) is 10.2 Å². The summed E-state index contributed by atoms with van der Waals surface area (Å²) in [6, 6.07) is 2.38. The van der Waals surface area contributed by atoms with E-state index in [-0.39, 0.29) is 0 Å². The van der Waals surface area contributed by atoms with Crippen molar-refractivity contribution in [3.05, 3.63) is 10.4 Å². The summed E-state index contributed by atoms with van der Waals surface area (Å²) in [7, 11) is 2.08. The summed E-state index contributed by atoms with van der Waals surface area (Å²) in [5.74, 6) is 0. The highest BCUT2D eigenvalue weighted by molar-refractivity contribution is 5.08. The third-order valence-corrected chi connectivity index (χ3v) is 3.02. The Hall–Kier alpha value is -1.28. The van der Waals surface area contributed by atoms with Crippen LogP contribution in [0.2, 0.25) is 0 Å². The van der Waals surface area contributed by atoms with Gasteiger partial charge in [-0.15, -0.1) is 0 Å². The summed E-state index contributed by atoms with van der Waals surface area (Å²) in [6.45, 7) is 2.95. The minimum absolute atomic E-state index is 0.399. The number of hydrogen-bond donors (Lipinski definition) is 1. The lowest BCUT2D eigenvalue weighted by molar-refractivity contribution is 0.328. The zero-order valence-electron chi connectivity index (χ0n) is 9.69. The maximum Gasteiger partial charge on any atom is 0.108 e. The second-order valence-electron chi connectivity index (χ2n) is 4.23. The van der Waals surface area contributed by atoms with Gasteiger partial charge in [-0.3, -0.25) is 5.32 Å². The molecule has 1 unspecified atom stereocenters. The quantitative estimate of drug-likeness (QED) is 0.336. The molecule has 0 amide bonds. The average molecular weight is 222 g/mol. The van der Waals surface area contributed by atoms with Crippen molar-refractivity contribution in [3.63, 3.8) is 0 Å². The highest BCUT2D eigenvalue weighted by Crippen LogP contribution is 2.20. The SMILES string of the molecule is CN1CCCC(C#N)(NCCN=[N+]=[N-])CC1. The van der Waals surface area contributed by atoms with Gasteiger partial charge in [-0.25, -0.2) is 0 Å². The molecule has 0 aliphatic carbocycles. The molecule has 1 N–H and O–H groups in total. The summed E-state index contributed by atoms with van der Waals surface area (Å²) < 4.78 is 0. The molecule has 0 aromatic rings. The molecule has 1 saturated heterocycles. The minimum Gasteiger partial charge on any atom is -0.306 e. The van der Waals surface area contributed by atoms with E-state index in [2.05, 4.69) is 33.4 Å². The third-order valence-electron chi connectivity index (χ3n) is 3.02. The van der Waals surface area contributed by atoms with Crippen LogP contribution in [-0.4, -0.2) is 43.7 Å². The number of azide groups is 1. The summed E-state index contributed by atoms with van der Waals surface area (Å²) >= 11 is 0. The van der Waals surface area contributed by atoms with Crippen LogP contribution in [0.5, 0.6) is 0 Å². The first-order valence-electron chi connectivity index (χ1n) is 5.58. The van der Waals surface area contributed by atoms with E-state index >= 15 is 0 Å². The Labute approximate surface area is 95.9 Å². The second kappa shape index (κ2) is 6.33. The Bertz CT molecular complexity index is 303. The average Bonchev–Trinajstić information content (AvgIpc) is 2.48. The van der Waals surface area contributed by atoms with Crippen LogP contribution in [0.15, 0.2) is 5.11 Å². The van der Waals surface area contributed by atoms with Gasteiger partial charge in [0.05, 0.1) is 6.07 Å². The summed E-state index contributed by atoms with van der Waals surface area (Å²) in [5, 5.41) is 16.0. The normalized spacial score (nSPS) is 26.5. The van der Waals surface area contributed by atoms with Crippen LogP contribution in [0.25, 0.3) is 10.4 Å². The summed E-state index contributed by atoms with van der Waals surface area (Å²) in [5.41, 5.74) is 7.73. The molecule has 0 spiro atoms. The van der Waals surface area contributed by atoms with Crippen LogP contribution in [0.1, 0.15) is 19.3 Å². The van der Waals surface area contributed by atoms with Gasteiger partial charge < -0.3 is 4.90 Å². The van der Waals surface area contributed by atoms with Gasteiger partial charge >= 0.3 is 0 Å². The lowest BCUT2D eigenvalue weighted by atomic mass is 9.92. The van der Waals surface area contributed by atoms with E-state index in [0.717, 1.165) is 32.4 Å². The van der Waals surface area contributed by atoms with E-state index in [4.69, 9.17) is 5.53 Å². The van der Waals surface area contributed by atoms with E-state index in [0.29, 0.717) is 13.1 Å². The molecule has 0 aromatic carbocycles. The molecular formula is C10H18N6.